The van der Waals surface area contributed by atoms with Crippen molar-refractivity contribution in [3.05, 3.63) is 54.2 Å². The van der Waals surface area contributed by atoms with Crippen LogP contribution in [0.2, 0.25) is 0 Å². The number of amides is 1. The number of nitrogens with one attached hydrogen (secondary N) is 1. The lowest BCUT2D eigenvalue weighted by atomic mass is 10.2. The van der Waals surface area contributed by atoms with Crippen LogP contribution in [0.5, 0.6) is 5.75 Å². The van der Waals surface area contributed by atoms with Crippen LogP contribution in [0, 0.1) is 12.7 Å². The molecule has 24 heavy (non-hydrogen) atoms. The maximum Gasteiger partial charge on any atom is 0.224 e. The van der Waals surface area contributed by atoms with E-state index in [4.69, 9.17) is 9.15 Å². The molecule has 124 valence electrons. The highest BCUT2D eigenvalue weighted by Crippen LogP contribution is 2.20. The van der Waals surface area contributed by atoms with Gasteiger partial charge in [-0.25, -0.2) is 9.37 Å². The molecule has 0 aliphatic carbocycles. The van der Waals surface area contributed by atoms with E-state index in [0.29, 0.717) is 23.6 Å². The highest BCUT2D eigenvalue weighted by molar-refractivity contribution is 5.92. The van der Waals surface area contributed by atoms with Gasteiger partial charge in [-0.1, -0.05) is 12.1 Å². The van der Waals surface area contributed by atoms with Crippen molar-refractivity contribution < 1.29 is 18.3 Å². The molecule has 0 bridgehead atoms. The molecule has 0 aliphatic heterocycles. The number of fused-ring (bicyclic) bond motifs is 1. The van der Waals surface area contributed by atoms with Crippen LogP contribution in [0.15, 0.2) is 46.9 Å². The van der Waals surface area contributed by atoms with E-state index in [1.807, 2.05) is 0 Å². The molecule has 1 amide bonds. The molecule has 0 fully saturated rings. The minimum absolute atomic E-state index is 0.136. The largest absolute Gasteiger partial charge is 0.491 e. The van der Waals surface area contributed by atoms with Crippen molar-refractivity contribution in [2.24, 2.45) is 0 Å². The number of ether oxygens (including phenoxy) is 1. The molecule has 3 aromatic rings. The minimum Gasteiger partial charge on any atom is -0.491 e. The Kier molecular flexibility index (Phi) is 4.74. The van der Waals surface area contributed by atoms with Crippen LogP contribution >= 0.6 is 0 Å². The number of aryl methyl sites for hydroxylation is 1. The molecule has 0 aliphatic rings. The molecular formula is C18H17FN2O3. The molecule has 0 spiro atoms. The van der Waals surface area contributed by atoms with Gasteiger partial charge in [0.05, 0.1) is 6.61 Å². The van der Waals surface area contributed by atoms with Crippen LogP contribution in [0.1, 0.15) is 18.7 Å². The second kappa shape index (κ2) is 7.12. The predicted molar refractivity (Wildman–Crippen MR) is 88.5 cm³/mol. The van der Waals surface area contributed by atoms with E-state index >= 15 is 0 Å². The molecule has 1 N–H and O–H groups in total. The monoisotopic (exact) mass is 328 g/mol. The number of para-hydroxylation sites is 1. The number of hydrogen-bond donors (Lipinski definition) is 1. The fraction of sp³-hybridized carbons (Fsp3) is 0.222. The maximum absolute atomic E-state index is 13.4. The van der Waals surface area contributed by atoms with Gasteiger partial charge < -0.3 is 14.5 Å². The summed E-state index contributed by atoms with van der Waals surface area (Å²) in [6.07, 6.45) is 0.770. The van der Waals surface area contributed by atoms with Crippen LogP contribution < -0.4 is 10.1 Å². The molecule has 0 atom stereocenters. The Labute approximate surface area is 138 Å². The van der Waals surface area contributed by atoms with E-state index in [1.165, 1.54) is 6.07 Å². The standard InChI is InChI=1S/C18H17FN2O3/c1-12-20-15-9-8-13(11-17(15)24-12)21-18(22)7-4-10-23-16-6-3-2-5-14(16)19/h2-3,5-6,8-9,11H,4,7,10H2,1H3,(H,21,22). The van der Waals surface area contributed by atoms with Gasteiger partial charge in [-0.3, -0.25) is 4.79 Å². The van der Waals surface area contributed by atoms with Gasteiger partial charge in [0.2, 0.25) is 5.91 Å². The predicted octanol–water partition coefficient (Wildman–Crippen LogP) is 4.07. The van der Waals surface area contributed by atoms with E-state index in [0.717, 1.165) is 5.52 Å². The zero-order valence-electron chi connectivity index (χ0n) is 13.2. The summed E-state index contributed by atoms with van der Waals surface area (Å²) in [6, 6.07) is 11.5. The number of rotatable bonds is 6. The Hall–Kier alpha value is -2.89. The van der Waals surface area contributed by atoms with Gasteiger partial charge >= 0.3 is 0 Å². The first-order valence-electron chi connectivity index (χ1n) is 7.66. The van der Waals surface area contributed by atoms with Gasteiger partial charge in [0.1, 0.15) is 5.52 Å². The zero-order valence-corrected chi connectivity index (χ0v) is 13.2. The molecular weight excluding hydrogens is 311 g/mol. The van der Waals surface area contributed by atoms with Crippen molar-refractivity contribution in [1.29, 1.82) is 0 Å². The van der Waals surface area contributed by atoms with Crippen molar-refractivity contribution >= 4 is 22.7 Å². The van der Waals surface area contributed by atoms with Crippen molar-refractivity contribution in [1.82, 2.24) is 4.98 Å². The fourth-order valence-corrected chi connectivity index (χ4v) is 2.32. The van der Waals surface area contributed by atoms with E-state index in [-0.39, 0.29) is 24.7 Å². The second-order valence-electron chi connectivity index (χ2n) is 5.35. The summed E-state index contributed by atoms with van der Waals surface area (Å²) in [7, 11) is 0. The highest BCUT2D eigenvalue weighted by atomic mass is 19.1. The third-order valence-corrected chi connectivity index (χ3v) is 3.42. The number of anilines is 1. The van der Waals surface area contributed by atoms with Crippen molar-refractivity contribution in [3.63, 3.8) is 0 Å². The number of halogens is 1. The summed E-state index contributed by atoms with van der Waals surface area (Å²) >= 11 is 0. The SMILES string of the molecule is Cc1nc2ccc(NC(=O)CCCOc3ccccc3F)cc2o1. The molecule has 2 aromatic carbocycles. The lowest BCUT2D eigenvalue weighted by molar-refractivity contribution is -0.116. The van der Waals surface area contributed by atoms with Gasteiger partial charge in [0.25, 0.3) is 0 Å². The summed E-state index contributed by atoms with van der Waals surface area (Å²) in [5.41, 5.74) is 2.04. The average Bonchev–Trinajstić information content (AvgIpc) is 2.92. The summed E-state index contributed by atoms with van der Waals surface area (Å²) in [5, 5.41) is 2.80. The van der Waals surface area contributed by atoms with Crippen molar-refractivity contribution in [2.45, 2.75) is 19.8 Å². The number of nitrogens with zero attached hydrogens (tertiary/aromatic N) is 1. The van der Waals surface area contributed by atoms with Gasteiger partial charge in [0.15, 0.2) is 23.0 Å². The molecule has 3 rings (SSSR count). The normalized spacial score (nSPS) is 10.8. The van der Waals surface area contributed by atoms with Gasteiger partial charge in [-0.05, 0) is 30.7 Å². The minimum atomic E-state index is -0.405. The maximum atomic E-state index is 13.4. The number of hydrogen-bond acceptors (Lipinski definition) is 4. The summed E-state index contributed by atoms with van der Waals surface area (Å²) in [5.74, 6) is 0.239. The molecule has 0 saturated heterocycles. The summed E-state index contributed by atoms with van der Waals surface area (Å²) < 4.78 is 24.1. The third-order valence-electron chi connectivity index (χ3n) is 3.42. The Morgan fingerprint density at radius 1 is 1.29 bits per heavy atom. The van der Waals surface area contributed by atoms with Crippen LogP contribution in [0.4, 0.5) is 10.1 Å². The third kappa shape index (κ3) is 3.90. The molecule has 6 heteroatoms. The highest BCUT2D eigenvalue weighted by Gasteiger charge is 2.07. The first kappa shape index (κ1) is 16.0. The molecule has 5 nitrogen and oxygen atoms in total. The molecule has 1 aromatic heterocycles. The van der Waals surface area contributed by atoms with Gasteiger partial charge in [-0.15, -0.1) is 0 Å². The molecule has 0 unspecified atom stereocenters. The lowest BCUT2D eigenvalue weighted by Gasteiger charge is -2.07. The number of carbonyl (C=O) groups excluding carboxylic acids is 1. The summed E-state index contributed by atoms with van der Waals surface area (Å²) in [6.45, 7) is 2.04. The van der Waals surface area contributed by atoms with Gasteiger partial charge in [0, 0.05) is 25.1 Å². The van der Waals surface area contributed by atoms with Crippen molar-refractivity contribution in [3.8, 4) is 5.75 Å². The van der Waals surface area contributed by atoms with Crippen LogP contribution in [0.25, 0.3) is 11.1 Å². The molecule has 0 radical (unpaired) electrons. The smallest absolute Gasteiger partial charge is 0.224 e. The second-order valence-corrected chi connectivity index (χ2v) is 5.35. The Morgan fingerprint density at radius 2 is 2.12 bits per heavy atom. The topological polar surface area (TPSA) is 64.4 Å². The number of aromatic nitrogens is 1. The lowest BCUT2D eigenvalue weighted by Crippen LogP contribution is -2.12. The van der Waals surface area contributed by atoms with E-state index < -0.39 is 5.82 Å². The average molecular weight is 328 g/mol. The van der Waals surface area contributed by atoms with E-state index in [2.05, 4.69) is 10.3 Å². The van der Waals surface area contributed by atoms with E-state index in [1.54, 1.807) is 43.3 Å². The quantitative estimate of drug-likeness (QED) is 0.693. The Bertz CT molecular complexity index is 860. The zero-order chi connectivity index (χ0) is 16.9. The number of oxazole rings is 1. The molecule has 1 heterocycles. The van der Waals surface area contributed by atoms with Crippen LogP contribution in [0.3, 0.4) is 0 Å². The van der Waals surface area contributed by atoms with E-state index in [9.17, 15) is 9.18 Å². The number of benzene rings is 2. The summed E-state index contributed by atoms with van der Waals surface area (Å²) in [4.78, 5) is 16.1. The Morgan fingerprint density at radius 3 is 2.96 bits per heavy atom. The van der Waals surface area contributed by atoms with Crippen molar-refractivity contribution in [2.75, 3.05) is 11.9 Å². The van der Waals surface area contributed by atoms with Crippen LogP contribution in [-0.4, -0.2) is 17.5 Å². The fourth-order valence-electron chi connectivity index (χ4n) is 2.32. The molecule has 0 saturated carbocycles. The number of carbonyl (C=O) groups is 1. The van der Waals surface area contributed by atoms with Gasteiger partial charge in [-0.2, -0.15) is 0 Å². The first-order valence-corrected chi connectivity index (χ1v) is 7.66. The Balaban J connectivity index is 1.47. The first-order chi connectivity index (χ1) is 11.6. The van der Waals surface area contributed by atoms with Crippen LogP contribution in [-0.2, 0) is 4.79 Å².